The summed E-state index contributed by atoms with van der Waals surface area (Å²) < 4.78 is 0. The molecule has 1 rings (SSSR count). The number of nitrogens with two attached hydrogens (primary N) is 1. The highest BCUT2D eigenvalue weighted by atomic mass is 16.1. The molecule has 0 radical (unpaired) electrons. The van der Waals surface area contributed by atoms with Crippen LogP contribution in [0.2, 0.25) is 0 Å². The fourth-order valence-corrected chi connectivity index (χ4v) is 1.97. The van der Waals surface area contributed by atoms with E-state index >= 15 is 0 Å². The normalized spacial score (nSPS) is 26.2. The molecular formula is C10H20N2O. The Bertz CT molecular complexity index is 189. The zero-order valence-electron chi connectivity index (χ0n) is 8.60. The molecule has 0 aliphatic carbocycles. The zero-order chi connectivity index (χ0) is 9.90. The van der Waals surface area contributed by atoms with Crippen LogP contribution < -0.4 is 11.1 Å². The Morgan fingerprint density at radius 1 is 1.62 bits per heavy atom. The van der Waals surface area contributed by atoms with E-state index in [4.69, 9.17) is 5.73 Å². The van der Waals surface area contributed by atoms with Crippen molar-refractivity contribution in [2.75, 3.05) is 0 Å². The molecule has 13 heavy (non-hydrogen) atoms. The van der Waals surface area contributed by atoms with Gasteiger partial charge in [-0.1, -0.05) is 0 Å². The molecule has 0 aromatic rings. The number of amides is 1. The smallest absolute Gasteiger partial charge is 0.217 e. The summed E-state index contributed by atoms with van der Waals surface area (Å²) >= 11 is 0. The van der Waals surface area contributed by atoms with Gasteiger partial charge in [-0.3, -0.25) is 4.79 Å². The Morgan fingerprint density at radius 2 is 2.31 bits per heavy atom. The second-order valence-electron chi connectivity index (χ2n) is 4.62. The van der Waals surface area contributed by atoms with Crippen LogP contribution in [0.5, 0.6) is 0 Å². The lowest BCUT2D eigenvalue weighted by Gasteiger charge is -2.19. The SMILES string of the molecule is CC1(C)CCC(CCCC(N)=O)N1. The summed E-state index contributed by atoms with van der Waals surface area (Å²) in [6.07, 6.45) is 4.98. The molecule has 3 nitrogen and oxygen atoms in total. The second kappa shape index (κ2) is 4.09. The number of hydrogen-bond acceptors (Lipinski definition) is 2. The lowest BCUT2D eigenvalue weighted by atomic mass is 10.0. The highest BCUT2D eigenvalue weighted by Crippen LogP contribution is 2.24. The summed E-state index contributed by atoms with van der Waals surface area (Å²) in [6, 6.07) is 0.592. The Kier molecular flexibility index (Phi) is 3.31. The third-order valence-corrected chi connectivity index (χ3v) is 2.69. The average Bonchev–Trinajstić information content (AvgIpc) is 2.29. The number of nitrogens with one attached hydrogen (secondary N) is 1. The standard InChI is InChI=1S/C10H20N2O/c1-10(2)7-6-8(12-10)4-3-5-9(11)13/h8,12H,3-7H2,1-2H3,(H2,11,13). The van der Waals surface area contributed by atoms with Gasteiger partial charge in [0, 0.05) is 18.0 Å². The van der Waals surface area contributed by atoms with E-state index in [9.17, 15) is 4.79 Å². The van der Waals surface area contributed by atoms with Crippen molar-refractivity contribution in [3.05, 3.63) is 0 Å². The summed E-state index contributed by atoms with van der Waals surface area (Å²) in [5.41, 5.74) is 5.36. The molecule has 1 atom stereocenters. The van der Waals surface area contributed by atoms with E-state index in [0.717, 1.165) is 12.8 Å². The van der Waals surface area contributed by atoms with Gasteiger partial charge in [0.25, 0.3) is 0 Å². The topological polar surface area (TPSA) is 55.1 Å². The third-order valence-electron chi connectivity index (χ3n) is 2.69. The van der Waals surface area contributed by atoms with E-state index in [1.54, 1.807) is 0 Å². The summed E-state index contributed by atoms with van der Waals surface area (Å²) in [4.78, 5) is 10.5. The van der Waals surface area contributed by atoms with Gasteiger partial charge in [0.05, 0.1) is 0 Å². The highest BCUT2D eigenvalue weighted by molar-refractivity contribution is 5.73. The molecule has 0 saturated carbocycles. The van der Waals surface area contributed by atoms with Gasteiger partial charge < -0.3 is 11.1 Å². The van der Waals surface area contributed by atoms with Gasteiger partial charge in [-0.05, 0) is 39.5 Å². The molecule has 3 N–H and O–H groups in total. The number of carbonyl (C=O) groups is 1. The predicted octanol–water partition coefficient (Wildman–Crippen LogP) is 1.17. The number of hydrogen-bond donors (Lipinski definition) is 2. The maximum atomic E-state index is 10.5. The van der Waals surface area contributed by atoms with E-state index in [2.05, 4.69) is 19.2 Å². The molecular weight excluding hydrogens is 164 g/mol. The Balaban J connectivity index is 2.14. The van der Waals surface area contributed by atoms with E-state index in [1.165, 1.54) is 12.8 Å². The maximum Gasteiger partial charge on any atom is 0.217 e. The number of carbonyl (C=O) groups excluding carboxylic acids is 1. The first-order valence-electron chi connectivity index (χ1n) is 5.06. The van der Waals surface area contributed by atoms with E-state index in [-0.39, 0.29) is 11.4 Å². The minimum absolute atomic E-state index is 0.183. The van der Waals surface area contributed by atoms with Crippen LogP contribution in [0, 0.1) is 0 Å². The lowest BCUT2D eigenvalue weighted by molar-refractivity contribution is -0.118. The van der Waals surface area contributed by atoms with Crippen molar-refractivity contribution >= 4 is 5.91 Å². The minimum Gasteiger partial charge on any atom is -0.370 e. The molecule has 3 heteroatoms. The Hall–Kier alpha value is -0.570. The summed E-state index contributed by atoms with van der Waals surface area (Å²) in [6.45, 7) is 4.45. The molecule has 1 amide bonds. The molecule has 1 fully saturated rings. The monoisotopic (exact) mass is 184 g/mol. The fourth-order valence-electron chi connectivity index (χ4n) is 1.97. The number of primary amides is 1. The van der Waals surface area contributed by atoms with Crippen molar-refractivity contribution in [1.82, 2.24) is 5.32 Å². The maximum absolute atomic E-state index is 10.5. The van der Waals surface area contributed by atoms with Crippen LogP contribution in [-0.4, -0.2) is 17.5 Å². The zero-order valence-corrected chi connectivity index (χ0v) is 8.60. The predicted molar refractivity (Wildman–Crippen MR) is 53.3 cm³/mol. The van der Waals surface area contributed by atoms with Crippen LogP contribution in [0.25, 0.3) is 0 Å². The van der Waals surface area contributed by atoms with Crippen molar-refractivity contribution in [2.24, 2.45) is 5.73 Å². The van der Waals surface area contributed by atoms with Gasteiger partial charge >= 0.3 is 0 Å². The van der Waals surface area contributed by atoms with Crippen LogP contribution >= 0.6 is 0 Å². The van der Waals surface area contributed by atoms with Gasteiger partial charge in [0.2, 0.25) is 5.91 Å². The van der Waals surface area contributed by atoms with Crippen molar-refractivity contribution < 1.29 is 4.79 Å². The van der Waals surface area contributed by atoms with E-state index < -0.39 is 0 Å². The molecule has 0 aromatic heterocycles. The van der Waals surface area contributed by atoms with Gasteiger partial charge in [-0.15, -0.1) is 0 Å². The molecule has 76 valence electrons. The van der Waals surface area contributed by atoms with Crippen LogP contribution in [0.3, 0.4) is 0 Å². The number of rotatable bonds is 4. The molecule has 1 unspecified atom stereocenters. The average molecular weight is 184 g/mol. The van der Waals surface area contributed by atoms with Crippen molar-refractivity contribution in [3.8, 4) is 0 Å². The van der Waals surface area contributed by atoms with Gasteiger partial charge in [-0.2, -0.15) is 0 Å². The summed E-state index contributed by atoms with van der Waals surface area (Å²) in [5.74, 6) is -0.183. The molecule has 0 spiro atoms. The largest absolute Gasteiger partial charge is 0.370 e. The van der Waals surface area contributed by atoms with Crippen LogP contribution in [0.1, 0.15) is 46.0 Å². The molecule has 1 aliphatic heterocycles. The van der Waals surface area contributed by atoms with Crippen molar-refractivity contribution in [1.29, 1.82) is 0 Å². The second-order valence-corrected chi connectivity index (χ2v) is 4.62. The van der Waals surface area contributed by atoms with Crippen molar-refractivity contribution in [2.45, 2.75) is 57.5 Å². The fraction of sp³-hybridized carbons (Fsp3) is 0.900. The summed E-state index contributed by atoms with van der Waals surface area (Å²) in [5, 5.41) is 3.55. The molecule has 0 aromatic carbocycles. The Labute approximate surface area is 80.1 Å². The van der Waals surface area contributed by atoms with Crippen LogP contribution in [0.4, 0.5) is 0 Å². The first-order chi connectivity index (χ1) is 5.99. The molecule has 1 saturated heterocycles. The highest BCUT2D eigenvalue weighted by Gasteiger charge is 2.29. The van der Waals surface area contributed by atoms with Crippen molar-refractivity contribution in [3.63, 3.8) is 0 Å². The summed E-state index contributed by atoms with van der Waals surface area (Å²) in [7, 11) is 0. The van der Waals surface area contributed by atoms with Gasteiger partial charge in [0.15, 0.2) is 0 Å². The van der Waals surface area contributed by atoms with Gasteiger partial charge in [-0.25, -0.2) is 0 Å². The van der Waals surface area contributed by atoms with Crippen LogP contribution in [-0.2, 0) is 4.79 Å². The first-order valence-corrected chi connectivity index (χ1v) is 5.06. The Morgan fingerprint density at radius 3 is 2.77 bits per heavy atom. The quantitative estimate of drug-likeness (QED) is 0.689. The van der Waals surface area contributed by atoms with E-state index in [0.29, 0.717) is 12.5 Å². The van der Waals surface area contributed by atoms with Gasteiger partial charge in [0.1, 0.15) is 0 Å². The first kappa shape index (κ1) is 10.5. The minimum atomic E-state index is -0.183. The third kappa shape index (κ3) is 3.77. The molecule has 1 aliphatic rings. The van der Waals surface area contributed by atoms with Crippen LogP contribution in [0.15, 0.2) is 0 Å². The molecule has 0 bridgehead atoms. The van der Waals surface area contributed by atoms with E-state index in [1.807, 2.05) is 0 Å². The molecule has 1 heterocycles. The lowest BCUT2D eigenvalue weighted by Crippen LogP contribution is -2.37.